The van der Waals surface area contributed by atoms with Crippen molar-refractivity contribution >= 4 is 0 Å². The van der Waals surface area contributed by atoms with E-state index in [1.807, 2.05) is 0 Å². The molecule has 2 nitrogen and oxygen atoms in total. The first-order chi connectivity index (χ1) is 14.1. The fraction of sp³-hybridized carbons (Fsp3) is 1.00. The fourth-order valence-electron chi connectivity index (χ4n) is 10.3. The molecule has 0 radical (unpaired) electrons. The van der Waals surface area contributed by atoms with Crippen molar-refractivity contribution in [1.29, 1.82) is 0 Å². The minimum absolute atomic E-state index is 0.605. The maximum atomic E-state index is 3.01. The molecule has 0 spiro atoms. The highest BCUT2D eigenvalue weighted by atomic mass is 15.2. The molecular weight excluding hydrogens is 352 g/mol. The molecule has 8 atom stereocenters. The lowest BCUT2D eigenvalue weighted by molar-refractivity contribution is -0.151. The highest BCUT2D eigenvalue weighted by Crippen LogP contribution is 2.67. The van der Waals surface area contributed by atoms with Gasteiger partial charge in [0.05, 0.1) is 0 Å². The first-order valence-corrected chi connectivity index (χ1v) is 13.6. The van der Waals surface area contributed by atoms with Gasteiger partial charge in [-0.2, -0.15) is 0 Å². The summed E-state index contributed by atoms with van der Waals surface area (Å²) in [6.45, 7) is 11.1. The summed E-state index contributed by atoms with van der Waals surface area (Å²) in [5.41, 5.74) is 1.31. The molecule has 6 rings (SSSR count). The average Bonchev–Trinajstić information content (AvgIpc) is 3.47. The van der Waals surface area contributed by atoms with Crippen LogP contribution in [0.1, 0.15) is 97.3 Å². The number of hydrogen-bond acceptors (Lipinski definition) is 2. The molecule has 29 heavy (non-hydrogen) atoms. The quantitative estimate of drug-likeness (QED) is 0.566. The van der Waals surface area contributed by atoms with Crippen molar-refractivity contribution in [2.45, 2.75) is 109 Å². The van der Waals surface area contributed by atoms with Crippen LogP contribution in [0, 0.1) is 34.5 Å². The van der Waals surface area contributed by atoms with Crippen molar-refractivity contribution in [3.05, 3.63) is 0 Å². The van der Waals surface area contributed by atoms with Crippen LogP contribution in [0.2, 0.25) is 0 Å². The number of fused-ring (bicyclic) bond motifs is 5. The van der Waals surface area contributed by atoms with Crippen molar-refractivity contribution < 1.29 is 0 Å². The highest BCUT2D eigenvalue weighted by molar-refractivity contribution is 5.13. The molecule has 0 aromatic rings. The molecule has 0 amide bonds. The maximum absolute atomic E-state index is 3.01. The largest absolute Gasteiger partial charge is 0.300 e. The van der Waals surface area contributed by atoms with Gasteiger partial charge >= 0.3 is 0 Å². The molecule has 2 saturated heterocycles. The average molecular weight is 399 g/mol. The zero-order valence-corrected chi connectivity index (χ0v) is 19.4. The third-order valence-electron chi connectivity index (χ3n) is 11.8. The molecule has 6 aliphatic rings. The monoisotopic (exact) mass is 398 g/mol. The summed E-state index contributed by atoms with van der Waals surface area (Å²) >= 11 is 0. The Morgan fingerprint density at radius 1 is 0.655 bits per heavy atom. The second-order valence-electron chi connectivity index (χ2n) is 12.7. The molecule has 4 aliphatic carbocycles. The Kier molecular flexibility index (Phi) is 4.88. The summed E-state index contributed by atoms with van der Waals surface area (Å²) in [4.78, 5) is 5.93. The van der Waals surface area contributed by atoms with Crippen LogP contribution in [-0.2, 0) is 0 Å². The first kappa shape index (κ1) is 19.6. The minimum atomic E-state index is 0.605. The van der Waals surface area contributed by atoms with E-state index in [0.29, 0.717) is 10.8 Å². The molecule has 4 saturated carbocycles. The lowest BCUT2D eigenvalue weighted by atomic mass is 9.43. The Labute approximate surface area is 180 Å². The zero-order valence-electron chi connectivity index (χ0n) is 19.4. The normalized spacial score (nSPS) is 53.6. The van der Waals surface area contributed by atoms with Gasteiger partial charge in [0.25, 0.3) is 0 Å². The van der Waals surface area contributed by atoms with Crippen LogP contribution in [0.5, 0.6) is 0 Å². The fourth-order valence-corrected chi connectivity index (χ4v) is 10.3. The molecule has 2 heteroatoms. The molecule has 6 fully saturated rings. The summed E-state index contributed by atoms with van der Waals surface area (Å²) < 4.78 is 0. The Bertz CT molecular complexity index is 606. The van der Waals surface area contributed by atoms with Crippen molar-refractivity contribution in [2.24, 2.45) is 34.5 Å². The Hall–Kier alpha value is -0.0800. The third-order valence-corrected chi connectivity index (χ3v) is 11.8. The SMILES string of the molecule is C[C@@]12CCC[C@H]1[C@@H]1CCC3CC(N4CCCC4)CC(N4CCCC4)[C@]3(C)[C@H]1CC2. The number of rotatable bonds is 2. The number of nitrogens with zero attached hydrogens (tertiary/aromatic N) is 2. The van der Waals surface area contributed by atoms with Gasteiger partial charge in [-0.05, 0) is 138 Å². The maximum Gasteiger partial charge on any atom is 0.0169 e. The molecular formula is C27H46N2. The third kappa shape index (κ3) is 2.94. The van der Waals surface area contributed by atoms with E-state index in [1.54, 1.807) is 32.1 Å². The lowest BCUT2D eigenvalue weighted by Crippen LogP contribution is -2.64. The topological polar surface area (TPSA) is 6.48 Å². The zero-order chi connectivity index (χ0) is 19.6. The summed E-state index contributed by atoms with van der Waals surface area (Å²) in [6.07, 6.45) is 19.7. The predicted molar refractivity (Wildman–Crippen MR) is 121 cm³/mol. The summed E-state index contributed by atoms with van der Waals surface area (Å²) in [5.74, 6) is 4.16. The standard InChI is InChI=1S/C27H46N2/c1-26-12-7-8-23(26)22-10-9-20-18-21(28-14-3-4-15-28)19-25(29-16-5-6-17-29)27(20,2)24(22)11-13-26/h20-25H,3-19H2,1-2H3/t20?,21?,22-,23-,24-,25?,26-,27-/m0/s1. The van der Waals surface area contributed by atoms with Crippen molar-refractivity contribution in [3.8, 4) is 0 Å². The molecule has 0 N–H and O–H groups in total. The lowest BCUT2D eigenvalue weighted by Gasteiger charge is -2.65. The van der Waals surface area contributed by atoms with Gasteiger partial charge in [0, 0.05) is 12.1 Å². The van der Waals surface area contributed by atoms with Crippen molar-refractivity contribution in [2.75, 3.05) is 26.2 Å². The molecule has 2 aliphatic heterocycles. The van der Waals surface area contributed by atoms with Gasteiger partial charge in [-0.1, -0.05) is 20.3 Å². The van der Waals surface area contributed by atoms with E-state index in [9.17, 15) is 0 Å². The van der Waals surface area contributed by atoms with Crippen LogP contribution in [-0.4, -0.2) is 48.1 Å². The predicted octanol–water partition coefficient (Wildman–Crippen LogP) is 5.96. The van der Waals surface area contributed by atoms with Crippen LogP contribution in [0.4, 0.5) is 0 Å². The van der Waals surface area contributed by atoms with Crippen LogP contribution in [0.15, 0.2) is 0 Å². The van der Waals surface area contributed by atoms with E-state index in [-0.39, 0.29) is 0 Å². The Balaban J connectivity index is 1.33. The van der Waals surface area contributed by atoms with E-state index in [0.717, 1.165) is 35.8 Å². The molecule has 2 heterocycles. The smallest absolute Gasteiger partial charge is 0.0169 e. The van der Waals surface area contributed by atoms with Crippen LogP contribution >= 0.6 is 0 Å². The van der Waals surface area contributed by atoms with E-state index in [2.05, 4.69) is 23.6 Å². The van der Waals surface area contributed by atoms with Crippen molar-refractivity contribution in [1.82, 2.24) is 9.80 Å². The molecule has 3 unspecified atom stereocenters. The van der Waals surface area contributed by atoms with Gasteiger partial charge < -0.3 is 4.90 Å². The molecule has 0 aromatic carbocycles. The van der Waals surface area contributed by atoms with Crippen molar-refractivity contribution in [3.63, 3.8) is 0 Å². The van der Waals surface area contributed by atoms with Gasteiger partial charge in [0.1, 0.15) is 0 Å². The van der Waals surface area contributed by atoms with E-state index in [4.69, 9.17) is 0 Å². The first-order valence-electron chi connectivity index (χ1n) is 13.6. The summed E-state index contributed by atoms with van der Waals surface area (Å²) in [6, 6.07) is 1.78. The van der Waals surface area contributed by atoms with Gasteiger partial charge in [-0.25, -0.2) is 0 Å². The molecule has 0 bridgehead atoms. The van der Waals surface area contributed by atoms with Gasteiger partial charge in [0.15, 0.2) is 0 Å². The Morgan fingerprint density at radius 3 is 2.14 bits per heavy atom. The second-order valence-corrected chi connectivity index (χ2v) is 12.7. The number of likely N-dealkylation sites (tertiary alicyclic amines) is 2. The van der Waals surface area contributed by atoms with Crippen LogP contribution < -0.4 is 0 Å². The summed E-state index contributed by atoms with van der Waals surface area (Å²) in [7, 11) is 0. The number of hydrogen-bond donors (Lipinski definition) is 0. The van der Waals surface area contributed by atoms with Gasteiger partial charge in [-0.3, -0.25) is 4.90 Å². The molecule has 0 aromatic heterocycles. The molecule has 164 valence electrons. The van der Waals surface area contributed by atoms with E-state index >= 15 is 0 Å². The minimum Gasteiger partial charge on any atom is -0.300 e. The second kappa shape index (κ2) is 7.22. The van der Waals surface area contributed by atoms with Gasteiger partial charge in [0.2, 0.25) is 0 Å². The van der Waals surface area contributed by atoms with E-state index in [1.165, 1.54) is 77.5 Å². The van der Waals surface area contributed by atoms with Crippen LogP contribution in [0.25, 0.3) is 0 Å². The van der Waals surface area contributed by atoms with Crippen LogP contribution in [0.3, 0.4) is 0 Å². The highest BCUT2D eigenvalue weighted by Gasteiger charge is 2.61. The Morgan fingerprint density at radius 2 is 1.38 bits per heavy atom. The van der Waals surface area contributed by atoms with Gasteiger partial charge in [-0.15, -0.1) is 0 Å². The van der Waals surface area contributed by atoms with E-state index < -0.39 is 0 Å². The summed E-state index contributed by atoms with van der Waals surface area (Å²) in [5, 5.41) is 0.